The number of aryl methyl sites for hydroxylation is 2. The van der Waals surface area contributed by atoms with Crippen molar-refractivity contribution in [2.45, 2.75) is 33.2 Å². The van der Waals surface area contributed by atoms with Gasteiger partial charge in [-0.15, -0.1) is 0 Å². The fraction of sp³-hybridized carbons (Fsp3) is 0.278. The van der Waals surface area contributed by atoms with Gasteiger partial charge < -0.3 is 10.6 Å². The highest BCUT2D eigenvalue weighted by Crippen LogP contribution is 2.26. The average molecular weight is 379 g/mol. The average Bonchev–Trinajstić information content (AvgIpc) is 2.42. The lowest BCUT2D eigenvalue weighted by atomic mass is 9.94. The van der Waals surface area contributed by atoms with Crippen LogP contribution in [0.1, 0.15) is 30.5 Å². The number of hydrogen-bond acceptors (Lipinski definition) is 1. The van der Waals surface area contributed by atoms with E-state index in [-0.39, 0.29) is 11.8 Å². The number of benzene rings is 2. The van der Waals surface area contributed by atoms with Crippen LogP contribution in [0.25, 0.3) is 0 Å². The van der Waals surface area contributed by atoms with Crippen LogP contribution in [0.2, 0.25) is 0 Å². The number of anilines is 1. The normalized spacial score (nSPS) is 11.2. The Kier molecular flexibility index (Phi) is 5.09. The first kappa shape index (κ1) is 17.5. The highest BCUT2D eigenvalue weighted by molar-refractivity contribution is 9.10. The van der Waals surface area contributed by atoms with E-state index in [0.717, 1.165) is 26.9 Å². The van der Waals surface area contributed by atoms with Crippen LogP contribution in [0.15, 0.2) is 40.9 Å². The minimum atomic E-state index is -0.616. The van der Waals surface area contributed by atoms with Gasteiger partial charge in [-0.25, -0.2) is 9.18 Å². The lowest BCUT2D eigenvalue weighted by molar-refractivity contribution is 0.242. The van der Waals surface area contributed by atoms with Gasteiger partial charge in [0.1, 0.15) is 5.82 Å². The number of carbonyl (C=O) groups excluding carboxylic acids is 1. The fourth-order valence-electron chi connectivity index (χ4n) is 2.48. The number of carbonyl (C=O) groups is 1. The molecule has 0 atom stereocenters. The molecule has 0 spiro atoms. The molecular formula is C18H20BrFN2O. The quantitative estimate of drug-likeness (QED) is 0.750. The first-order chi connectivity index (χ1) is 10.7. The molecule has 0 unspecified atom stereocenters. The highest BCUT2D eigenvalue weighted by Gasteiger charge is 2.23. The Hall–Kier alpha value is -1.88. The second kappa shape index (κ2) is 6.71. The number of hydrogen-bond donors (Lipinski definition) is 2. The van der Waals surface area contributed by atoms with Gasteiger partial charge in [0, 0.05) is 10.2 Å². The SMILES string of the molecule is Cc1cc(Br)cc(C)c1NC(=O)NC(C)(C)c1ccc(F)cc1. The van der Waals surface area contributed by atoms with E-state index < -0.39 is 5.54 Å². The summed E-state index contributed by atoms with van der Waals surface area (Å²) in [5.74, 6) is -0.296. The summed E-state index contributed by atoms with van der Waals surface area (Å²) in [6.07, 6.45) is 0. The van der Waals surface area contributed by atoms with Gasteiger partial charge in [-0.05, 0) is 68.7 Å². The molecular weight excluding hydrogens is 359 g/mol. The van der Waals surface area contributed by atoms with Gasteiger partial charge >= 0.3 is 6.03 Å². The third-order valence-electron chi connectivity index (χ3n) is 3.73. The molecule has 0 fully saturated rings. The van der Waals surface area contributed by atoms with Gasteiger partial charge in [0.15, 0.2) is 0 Å². The summed E-state index contributed by atoms with van der Waals surface area (Å²) in [7, 11) is 0. The molecule has 0 heterocycles. The molecule has 0 aliphatic heterocycles. The molecule has 2 aromatic carbocycles. The Morgan fingerprint density at radius 1 is 1.09 bits per heavy atom. The van der Waals surface area contributed by atoms with Crippen LogP contribution in [-0.4, -0.2) is 6.03 Å². The van der Waals surface area contributed by atoms with E-state index in [1.54, 1.807) is 12.1 Å². The summed E-state index contributed by atoms with van der Waals surface area (Å²) < 4.78 is 14.0. The first-order valence-corrected chi connectivity index (χ1v) is 8.10. The maximum absolute atomic E-state index is 13.0. The van der Waals surface area contributed by atoms with Crippen LogP contribution >= 0.6 is 15.9 Å². The van der Waals surface area contributed by atoms with Crippen molar-refractivity contribution in [2.24, 2.45) is 0 Å². The molecule has 0 saturated carbocycles. The second-order valence-corrected chi connectivity index (χ2v) is 7.04. The second-order valence-electron chi connectivity index (χ2n) is 6.13. The van der Waals surface area contributed by atoms with E-state index in [9.17, 15) is 9.18 Å². The van der Waals surface area contributed by atoms with Crippen LogP contribution in [0.4, 0.5) is 14.9 Å². The molecule has 23 heavy (non-hydrogen) atoms. The molecule has 5 heteroatoms. The zero-order chi connectivity index (χ0) is 17.2. The Balaban J connectivity index is 2.14. The zero-order valence-corrected chi connectivity index (χ0v) is 15.2. The fourth-order valence-corrected chi connectivity index (χ4v) is 3.16. The maximum Gasteiger partial charge on any atom is 0.319 e. The van der Waals surface area contributed by atoms with Gasteiger partial charge in [-0.1, -0.05) is 28.1 Å². The Labute approximate surface area is 144 Å². The predicted molar refractivity (Wildman–Crippen MR) is 95.2 cm³/mol. The van der Waals surface area contributed by atoms with Crippen LogP contribution in [-0.2, 0) is 5.54 Å². The molecule has 2 aromatic rings. The number of rotatable bonds is 3. The molecule has 0 saturated heterocycles. The molecule has 0 aromatic heterocycles. The zero-order valence-electron chi connectivity index (χ0n) is 13.6. The molecule has 0 aliphatic rings. The van der Waals surface area contributed by atoms with Gasteiger partial charge in [0.2, 0.25) is 0 Å². The maximum atomic E-state index is 13.0. The largest absolute Gasteiger partial charge is 0.329 e. The summed E-state index contributed by atoms with van der Waals surface area (Å²) >= 11 is 3.44. The van der Waals surface area contributed by atoms with E-state index in [2.05, 4.69) is 26.6 Å². The summed E-state index contributed by atoms with van der Waals surface area (Å²) in [4.78, 5) is 12.3. The molecule has 0 aliphatic carbocycles. The van der Waals surface area contributed by atoms with Gasteiger partial charge in [0.05, 0.1) is 5.54 Å². The number of nitrogens with one attached hydrogen (secondary N) is 2. The molecule has 2 amide bonds. The number of urea groups is 1. The molecule has 2 N–H and O–H groups in total. The summed E-state index contributed by atoms with van der Waals surface area (Å²) in [5, 5.41) is 5.82. The van der Waals surface area contributed by atoms with Crippen LogP contribution in [0.5, 0.6) is 0 Å². The van der Waals surface area contributed by atoms with Crippen LogP contribution in [0, 0.1) is 19.7 Å². The van der Waals surface area contributed by atoms with Crippen LogP contribution in [0.3, 0.4) is 0 Å². The van der Waals surface area contributed by atoms with Crippen molar-refractivity contribution in [3.05, 3.63) is 63.4 Å². The number of amides is 2. The lowest BCUT2D eigenvalue weighted by Gasteiger charge is -2.27. The third kappa shape index (κ3) is 4.32. The van der Waals surface area contributed by atoms with E-state index in [4.69, 9.17) is 0 Å². The molecule has 2 rings (SSSR count). The smallest absolute Gasteiger partial charge is 0.319 e. The summed E-state index contributed by atoms with van der Waals surface area (Å²) in [6.45, 7) is 7.64. The van der Waals surface area contributed by atoms with E-state index in [0.29, 0.717) is 0 Å². The van der Waals surface area contributed by atoms with Crippen molar-refractivity contribution in [3.63, 3.8) is 0 Å². The van der Waals surface area contributed by atoms with E-state index in [1.165, 1.54) is 12.1 Å². The Morgan fingerprint density at radius 2 is 1.61 bits per heavy atom. The first-order valence-electron chi connectivity index (χ1n) is 7.31. The number of halogens is 2. The van der Waals surface area contributed by atoms with Crippen LogP contribution < -0.4 is 10.6 Å². The van der Waals surface area contributed by atoms with E-state index >= 15 is 0 Å². The monoisotopic (exact) mass is 378 g/mol. The van der Waals surface area contributed by atoms with Gasteiger partial charge in [0.25, 0.3) is 0 Å². The van der Waals surface area contributed by atoms with Crippen molar-refractivity contribution in [2.75, 3.05) is 5.32 Å². The van der Waals surface area contributed by atoms with Gasteiger partial charge in [-0.3, -0.25) is 0 Å². The van der Waals surface area contributed by atoms with Crippen molar-refractivity contribution < 1.29 is 9.18 Å². The molecule has 0 radical (unpaired) electrons. The third-order valence-corrected chi connectivity index (χ3v) is 4.19. The molecule has 0 bridgehead atoms. The van der Waals surface area contributed by atoms with Crippen molar-refractivity contribution in [3.8, 4) is 0 Å². The Morgan fingerprint density at radius 3 is 2.13 bits per heavy atom. The van der Waals surface area contributed by atoms with Crippen molar-refractivity contribution >= 4 is 27.6 Å². The minimum Gasteiger partial charge on any atom is -0.329 e. The minimum absolute atomic E-state index is 0.296. The highest BCUT2D eigenvalue weighted by atomic mass is 79.9. The van der Waals surface area contributed by atoms with Crippen molar-refractivity contribution in [1.29, 1.82) is 0 Å². The van der Waals surface area contributed by atoms with E-state index in [1.807, 2.05) is 39.8 Å². The predicted octanol–water partition coefficient (Wildman–Crippen LogP) is 5.26. The molecule has 122 valence electrons. The Bertz CT molecular complexity index is 703. The molecule has 3 nitrogen and oxygen atoms in total. The topological polar surface area (TPSA) is 41.1 Å². The van der Waals surface area contributed by atoms with Crippen molar-refractivity contribution in [1.82, 2.24) is 5.32 Å². The standard InChI is InChI=1S/C18H20BrFN2O/c1-11-9-14(19)10-12(2)16(11)21-17(23)22-18(3,4)13-5-7-15(20)8-6-13/h5-10H,1-4H3,(H2,21,22,23). The lowest BCUT2D eigenvalue weighted by Crippen LogP contribution is -2.43. The summed E-state index contributed by atoms with van der Waals surface area (Å²) in [5.41, 5.74) is 2.96. The van der Waals surface area contributed by atoms with Gasteiger partial charge in [-0.2, -0.15) is 0 Å². The summed E-state index contributed by atoms with van der Waals surface area (Å²) in [6, 6.07) is 9.73.